The highest BCUT2D eigenvalue weighted by molar-refractivity contribution is 8.03. The second-order valence-corrected chi connectivity index (χ2v) is 11.0. The van der Waals surface area contributed by atoms with Gasteiger partial charge in [-0.15, -0.1) is 11.8 Å². The molecule has 0 aliphatic carbocycles. The number of carboxylic acid groups (broad SMARTS) is 1. The van der Waals surface area contributed by atoms with Crippen molar-refractivity contribution in [3.63, 3.8) is 0 Å². The lowest BCUT2D eigenvalue weighted by molar-refractivity contribution is -0.900. The van der Waals surface area contributed by atoms with Crippen LogP contribution >= 0.6 is 11.8 Å². The van der Waals surface area contributed by atoms with E-state index >= 15 is 0 Å². The number of rotatable bonds is 6. The summed E-state index contributed by atoms with van der Waals surface area (Å²) in [5, 5.41) is 23.6. The Balaban J connectivity index is 1.46. The van der Waals surface area contributed by atoms with Crippen LogP contribution in [0.15, 0.2) is 10.6 Å². The van der Waals surface area contributed by atoms with E-state index in [1.165, 1.54) is 24.3 Å². The molecule has 3 fully saturated rings. The van der Waals surface area contributed by atoms with Crippen molar-refractivity contribution in [2.75, 3.05) is 39.8 Å². The molecule has 0 saturated carbocycles. The molecule has 0 aromatic heterocycles. The molecule has 4 rings (SSSR count). The average molecular weight is 425 g/mol. The number of nitrogens with zero attached hydrogens (tertiary/aromatic N) is 2. The van der Waals surface area contributed by atoms with Crippen LogP contribution in [-0.2, 0) is 9.59 Å². The maximum atomic E-state index is 12.5. The second kappa shape index (κ2) is 7.87. The van der Waals surface area contributed by atoms with Gasteiger partial charge in [0.1, 0.15) is 5.70 Å². The van der Waals surface area contributed by atoms with Crippen LogP contribution in [0.5, 0.6) is 0 Å². The number of carbonyl (C=O) groups is 2. The summed E-state index contributed by atoms with van der Waals surface area (Å²) in [4.78, 5) is 26.8. The quantitative estimate of drug-likeness (QED) is 0.437. The van der Waals surface area contributed by atoms with Crippen LogP contribution in [0.25, 0.3) is 0 Å². The van der Waals surface area contributed by atoms with Gasteiger partial charge in [-0.05, 0) is 32.9 Å². The molecule has 8 heteroatoms. The summed E-state index contributed by atoms with van der Waals surface area (Å²) in [6, 6.07) is -0.215. The van der Waals surface area contributed by atoms with E-state index < -0.39 is 18.0 Å². The molecular weight excluding hydrogens is 390 g/mol. The van der Waals surface area contributed by atoms with E-state index in [-0.39, 0.29) is 23.6 Å². The molecule has 0 aromatic carbocycles. The summed E-state index contributed by atoms with van der Waals surface area (Å²) in [7, 11) is 2.34. The molecule has 0 aromatic rings. The zero-order chi connectivity index (χ0) is 20.9. The Kier molecular flexibility index (Phi) is 5.74. The second-order valence-electron chi connectivity index (χ2n) is 9.70. The average Bonchev–Trinajstić information content (AvgIpc) is 3.12. The molecule has 3 saturated heterocycles. The van der Waals surface area contributed by atoms with E-state index in [2.05, 4.69) is 12.4 Å². The number of aliphatic hydroxyl groups excluding tert-OH is 1. The van der Waals surface area contributed by atoms with Crippen molar-refractivity contribution < 1.29 is 24.3 Å². The van der Waals surface area contributed by atoms with Crippen LogP contribution in [0.4, 0.5) is 0 Å². The minimum Gasteiger partial charge on any atom is -0.477 e. The molecule has 2 unspecified atom stereocenters. The van der Waals surface area contributed by atoms with Crippen LogP contribution in [0.2, 0.25) is 0 Å². The predicted molar refractivity (Wildman–Crippen MR) is 112 cm³/mol. The number of fused-ring (bicyclic) bond motifs is 1. The SMILES string of the molecule is CC(O)[C@H]1C(=O)N2C(C(=O)O)=C(S[C@@H]3CC[N+](C)(CC4CCNCC4)C3)[C@H](C)[C@H]12. The van der Waals surface area contributed by atoms with Crippen LogP contribution in [-0.4, -0.2) is 88.6 Å². The van der Waals surface area contributed by atoms with E-state index in [9.17, 15) is 19.8 Å². The van der Waals surface area contributed by atoms with Crippen molar-refractivity contribution in [2.45, 2.75) is 50.5 Å². The number of β-lactam (4-membered cyclic amide) rings is 1. The first kappa shape index (κ1) is 21.2. The normalized spacial score (nSPS) is 38.9. The van der Waals surface area contributed by atoms with Crippen LogP contribution in [0, 0.1) is 17.8 Å². The number of thioether (sulfide) groups is 1. The summed E-state index contributed by atoms with van der Waals surface area (Å²) < 4.78 is 1.06. The van der Waals surface area contributed by atoms with Crippen LogP contribution < -0.4 is 5.32 Å². The number of aliphatic hydroxyl groups is 1. The minimum absolute atomic E-state index is 0.0350. The molecule has 162 valence electrons. The van der Waals surface area contributed by atoms with Gasteiger partial charge >= 0.3 is 5.97 Å². The molecule has 3 N–H and O–H groups in total. The van der Waals surface area contributed by atoms with Crippen molar-refractivity contribution in [3.05, 3.63) is 10.6 Å². The molecule has 29 heavy (non-hydrogen) atoms. The molecule has 6 atom stereocenters. The molecule has 4 heterocycles. The number of hydrogen-bond acceptors (Lipinski definition) is 5. The Morgan fingerprint density at radius 3 is 2.66 bits per heavy atom. The summed E-state index contributed by atoms with van der Waals surface area (Å²) in [6.45, 7) is 9.26. The van der Waals surface area contributed by atoms with E-state index in [1.807, 2.05) is 6.92 Å². The van der Waals surface area contributed by atoms with Gasteiger partial charge in [0.2, 0.25) is 5.91 Å². The van der Waals surface area contributed by atoms with E-state index in [0.29, 0.717) is 5.25 Å². The maximum absolute atomic E-state index is 12.5. The number of carboxylic acids is 1. The van der Waals surface area contributed by atoms with Crippen molar-refractivity contribution in [3.8, 4) is 0 Å². The maximum Gasteiger partial charge on any atom is 0.353 e. The molecule has 4 aliphatic heterocycles. The summed E-state index contributed by atoms with van der Waals surface area (Å²) in [5.74, 6) is -1.02. The zero-order valence-corrected chi connectivity index (χ0v) is 18.5. The topological polar surface area (TPSA) is 89.9 Å². The minimum atomic E-state index is -1.02. The lowest BCUT2D eigenvalue weighted by Crippen LogP contribution is -2.63. The van der Waals surface area contributed by atoms with Gasteiger partial charge in [-0.1, -0.05) is 6.92 Å². The van der Waals surface area contributed by atoms with Crippen molar-refractivity contribution in [1.29, 1.82) is 0 Å². The lowest BCUT2D eigenvalue weighted by Gasteiger charge is -2.46. The molecule has 0 bridgehead atoms. The first-order valence-corrected chi connectivity index (χ1v) is 11.8. The number of aliphatic carboxylic acids is 1. The Morgan fingerprint density at radius 2 is 2.03 bits per heavy atom. The Bertz CT molecular complexity index is 721. The summed E-state index contributed by atoms with van der Waals surface area (Å²) in [5.41, 5.74) is 0.161. The third kappa shape index (κ3) is 3.73. The standard InChI is InChI=1S/C21H33N3O4S/c1-12-17-16(13(2)25)20(26)23(17)18(21(27)28)19(12)29-15-6-9-24(3,11-15)10-14-4-7-22-8-5-14/h12-17,22,25H,4-11H2,1-3H3/p+1/t12-,13?,15-,16-,17-,24?/m1/s1. The van der Waals surface area contributed by atoms with Crippen molar-refractivity contribution in [2.24, 2.45) is 17.8 Å². The van der Waals surface area contributed by atoms with Gasteiger partial charge in [-0.3, -0.25) is 4.79 Å². The van der Waals surface area contributed by atoms with Gasteiger partial charge in [0.15, 0.2) is 0 Å². The molecule has 7 nitrogen and oxygen atoms in total. The molecule has 0 spiro atoms. The number of amides is 1. The highest BCUT2D eigenvalue weighted by Gasteiger charge is 2.60. The Morgan fingerprint density at radius 1 is 1.34 bits per heavy atom. The van der Waals surface area contributed by atoms with E-state index in [0.717, 1.165) is 47.9 Å². The number of hydrogen-bond donors (Lipinski definition) is 3. The van der Waals surface area contributed by atoms with Crippen LogP contribution in [0.3, 0.4) is 0 Å². The van der Waals surface area contributed by atoms with Crippen molar-refractivity contribution >= 4 is 23.6 Å². The Labute approximate surface area is 177 Å². The van der Waals surface area contributed by atoms with Gasteiger partial charge in [0, 0.05) is 23.2 Å². The van der Waals surface area contributed by atoms with E-state index in [1.54, 1.807) is 18.7 Å². The third-order valence-electron chi connectivity index (χ3n) is 7.40. The monoisotopic (exact) mass is 424 g/mol. The highest BCUT2D eigenvalue weighted by Crippen LogP contribution is 2.52. The van der Waals surface area contributed by atoms with Gasteiger partial charge in [0.25, 0.3) is 0 Å². The van der Waals surface area contributed by atoms with E-state index in [4.69, 9.17) is 0 Å². The zero-order valence-electron chi connectivity index (χ0n) is 17.6. The number of nitrogens with one attached hydrogen (secondary N) is 1. The fourth-order valence-corrected chi connectivity index (χ4v) is 7.61. The number of piperidine rings is 1. The van der Waals surface area contributed by atoms with Gasteiger partial charge in [-0.2, -0.15) is 0 Å². The largest absolute Gasteiger partial charge is 0.477 e. The summed E-state index contributed by atoms with van der Waals surface area (Å²) in [6.07, 6.45) is 2.82. The molecule has 0 radical (unpaired) electrons. The predicted octanol–water partition coefficient (Wildman–Crippen LogP) is 1.09. The fourth-order valence-electron chi connectivity index (χ4n) is 5.94. The van der Waals surface area contributed by atoms with Crippen LogP contribution in [0.1, 0.15) is 33.1 Å². The number of carbonyl (C=O) groups excluding carboxylic acids is 1. The Hall–Kier alpha value is -1.09. The number of likely N-dealkylation sites (tertiary alicyclic amines) is 1. The third-order valence-corrected chi connectivity index (χ3v) is 8.93. The fraction of sp³-hybridized carbons (Fsp3) is 0.810. The smallest absolute Gasteiger partial charge is 0.353 e. The molecular formula is C21H34N3O4S+. The summed E-state index contributed by atoms with van der Waals surface area (Å²) >= 11 is 1.68. The first-order valence-electron chi connectivity index (χ1n) is 10.9. The molecule has 1 amide bonds. The molecule has 4 aliphatic rings. The number of quaternary nitrogens is 1. The lowest BCUT2D eigenvalue weighted by atomic mass is 9.79. The van der Waals surface area contributed by atoms with Gasteiger partial charge in [-0.25, -0.2) is 4.79 Å². The van der Waals surface area contributed by atoms with Crippen molar-refractivity contribution in [1.82, 2.24) is 10.2 Å². The highest BCUT2D eigenvalue weighted by atomic mass is 32.2. The first-order chi connectivity index (χ1) is 13.7. The van der Waals surface area contributed by atoms with Gasteiger partial charge < -0.3 is 24.9 Å². The van der Waals surface area contributed by atoms with Gasteiger partial charge in [0.05, 0.1) is 50.0 Å².